The molecule has 2 N–H and O–H groups in total. The SMILES string of the molecule is COc1ccccc1N(C)S(=O)(=O)c1ccc(Cl)c(C(=O)NCCNC(C)=O)c1. The van der Waals surface area contributed by atoms with Crippen LogP contribution in [0.15, 0.2) is 47.4 Å². The maximum atomic E-state index is 13.1. The van der Waals surface area contributed by atoms with Gasteiger partial charge in [0.1, 0.15) is 5.75 Å². The first-order valence-electron chi connectivity index (χ1n) is 8.62. The van der Waals surface area contributed by atoms with Crippen LogP contribution in [0.2, 0.25) is 5.02 Å². The Bertz CT molecular complexity index is 1010. The molecule has 0 aliphatic rings. The van der Waals surface area contributed by atoms with E-state index in [0.29, 0.717) is 11.4 Å². The van der Waals surface area contributed by atoms with Crippen LogP contribution >= 0.6 is 11.6 Å². The van der Waals surface area contributed by atoms with Crippen LogP contribution < -0.4 is 19.7 Å². The summed E-state index contributed by atoms with van der Waals surface area (Å²) in [6.07, 6.45) is 0. The van der Waals surface area contributed by atoms with Crippen molar-refractivity contribution in [2.45, 2.75) is 11.8 Å². The van der Waals surface area contributed by atoms with Gasteiger partial charge in [-0.2, -0.15) is 0 Å². The van der Waals surface area contributed by atoms with Gasteiger partial charge in [-0.1, -0.05) is 23.7 Å². The molecule has 2 aromatic rings. The molecule has 0 radical (unpaired) electrons. The van der Waals surface area contributed by atoms with E-state index in [0.717, 1.165) is 4.31 Å². The van der Waals surface area contributed by atoms with E-state index in [2.05, 4.69) is 10.6 Å². The van der Waals surface area contributed by atoms with Crippen LogP contribution in [0.25, 0.3) is 0 Å². The fourth-order valence-corrected chi connectivity index (χ4v) is 3.96. The number of halogens is 1. The van der Waals surface area contributed by atoms with Gasteiger partial charge in [-0.05, 0) is 30.3 Å². The van der Waals surface area contributed by atoms with E-state index in [-0.39, 0.29) is 34.5 Å². The molecular formula is C19H22ClN3O5S. The smallest absolute Gasteiger partial charge is 0.264 e. The average molecular weight is 440 g/mol. The maximum absolute atomic E-state index is 13.1. The molecule has 2 rings (SSSR count). The number of ether oxygens (including phenoxy) is 1. The summed E-state index contributed by atoms with van der Waals surface area (Å²) >= 11 is 6.09. The lowest BCUT2D eigenvalue weighted by Crippen LogP contribution is -2.34. The van der Waals surface area contributed by atoms with Gasteiger partial charge < -0.3 is 15.4 Å². The monoisotopic (exact) mass is 439 g/mol. The zero-order chi connectivity index (χ0) is 21.6. The Morgan fingerprint density at radius 3 is 2.41 bits per heavy atom. The molecule has 0 aromatic heterocycles. The largest absolute Gasteiger partial charge is 0.495 e. The molecule has 0 heterocycles. The number of nitrogens with one attached hydrogen (secondary N) is 2. The second kappa shape index (κ2) is 9.62. The molecule has 0 saturated heterocycles. The van der Waals surface area contributed by atoms with Gasteiger partial charge in [-0.15, -0.1) is 0 Å². The Morgan fingerprint density at radius 2 is 1.76 bits per heavy atom. The third kappa shape index (κ3) is 5.39. The summed E-state index contributed by atoms with van der Waals surface area (Å²) in [6.45, 7) is 1.78. The molecule has 0 aliphatic heterocycles. The molecule has 0 bridgehead atoms. The maximum Gasteiger partial charge on any atom is 0.264 e. The Morgan fingerprint density at radius 1 is 1.10 bits per heavy atom. The molecule has 2 aromatic carbocycles. The number of hydrogen-bond donors (Lipinski definition) is 2. The van der Waals surface area contributed by atoms with Crippen molar-refractivity contribution in [2.24, 2.45) is 0 Å². The molecule has 0 fully saturated rings. The Hall–Kier alpha value is -2.78. The van der Waals surface area contributed by atoms with Crippen LogP contribution in [0.1, 0.15) is 17.3 Å². The van der Waals surface area contributed by atoms with Crippen molar-refractivity contribution in [1.29, 1.82) is 0 Å². The highest BCUT2D eigenvalue weighted by Crippen LogP contribution is 2.31. The van der Waals surface area contributed by atoms with E-state index in [1.54, 1.807) is 24.3 Å². The number of nitrogens with zero attached hydrogens (tertiary/aromatic N) is 1. The lowest BCUT2D eigenvalue weighted by molar-refractivity contribution is -0.118. The first-order chi connectivity index (χ1) is 13.7. The summed E-state index contributed by atoms with van der Waals surface area (Å²) in [5, 5.41) is 5.24. The number of para-hydroxylation sites is 2. The number of sulfonamides is 1. The summed E-state index contributed by atoms with van der Waals surface area (Å²) < 4.78 is 32.4. The van der Waals surface area contributed by atoms with Crippen molar-refractivity contribution < 1.29 is 22.7 Å². The first kappa shape index (κ1) is 22.5. The minimum atomic E-state index is -3.98. The Balaban J connectivity index is 2.29. The molecule has 156 valence electrons. The molecule has 0 spiro atoms. The van der Waals surface area contributed by atoms with Crippen molar-refractivity contribution in [3.63, 3.8) is 0 Å². The first-order valence-corrected chi connectivity index (χ1v) is 10.4. The quantitative estimate of drug-likeness (QED) is 0.612. The van der Waals surface area contributed by atoms with Crippen molar-refractivity contribution in [3.05, 3.63) is 53.1 Å². The fourth-order valence-electron chi connectivity index (χ4n) is 2.53. The Labute approximate surface area is 174 Å². The van der Waals surface area contributed by atoms with Gasteiger partial charge in [-0.25, -0.2) is 8.42 Å². The van der Waals surface area contributed by atoms with Crippen LogP contribution in [-0.2, 0) is 14.8 Å². The molecule has 2 amide bonds. The van der Waals surface area contributed by atoms with E-state index >= 15 is 0 Å². The van der Waals surface area contributed by atoms with E-state index in [1.165, 1.54) is 39.3 Å². The topological polar surface area (TPSA) is 105 Å². The van der Waals surface area contributed by atoms with Gasteiger partial charge in [-0.3, -0.25) is 13.9 Å². The van der Waals surface area contributed by atoms with Crippen LogP contribution in [0, 0.1) is 0 Å². The van der Waals surface area contributed by atoms with Crippen LogP contribution in [-0.4, -0.2) is 47.5 Å². The number of rotatable bonds is 8. The predicted octanol–water partition coefficient (Wildman–Crippen LogP) is 2.04. The summed E-state index contributed by atoms with van der Waals surface area (Å²) in [7, 11) is -1.13. The van der Waals surface area contributed by atoms with Crippen molar-refractivity contribution in [1.82, 2.24) is 10.6 Å². The van der Waals surface area contributed by atoms with Crippen LogP contribution in [0.3, 0.4) is 0 Å². The number of carbonyl (C=O) groups excluding carboxylic acids is 2. The van der Waals surface area contributed by atoms with Gasteiger partial charge in [0.05, 0.1) is 28.3 Å². The van der Waals surface area contributed by atoms with E-state index < -0.39 is 15.9 Å². The van der Waals surface area contributed by atoms with Gasteiger partial charge in [0.2, 0.25) is 5.91 Å². The van der Waals surface area contributed by atoms with Crippen molar-refractivity contribution >= 4 is 39.1 Å². The number of benzene rings is 2. The van der Waals surface area contributed by atoms with Gasteiger partial charge in [0.25, 0.3) is 15.9 Å². The highest BCUT2D eigenvalue weighted by molar-refractivity contribution is 7.92. The zero-order valence-electron chi connectivity index (χ0n) is 16.2. The van der Waals surface area contributed by atoms with Gasteiger partial charge in [0.15, 0.2) is 0 Å². The van der Waals surface area contributed by atoms with Crippen molar-refractivity contribution in [3.8, 4) is 5.75 Å². The van der Waals surface area contributed by atoms with Crippen molar-refractivity contribution in [2.75, 3.05) is 31.6 Å². The second-order valence-corrected chi connectivity index (χ2v) is 8.40. The van der Waals surface area contributed by atoms with Gasteiger partial charge in [0, 0.05) is 27.1 Å². The summed E-state index contributed by atoms with van der Waals surface area (Å²) in [5.74, 6) is -0.370. The average Bonchev–Trinajstić information content (AvgIpc) is 2.70. The summed E-state index contributed by atoms with van der Waals surface area (Å²) in [4.78, 5) is 23.2. The lowest BCUT2D eigenvalue weighted by Gasteiger charge is -2.22. The minimum Gasteiger partial charge on any atom is -0.495 e. The Kier molecular flexibility index (Phi) is 7.46. The number of anilines is 1. The molecule has 10 heteroatoms. The molecule has 0 unspecified atom stereocenters. The van der Waals surface area contributed by atoms with E-state index in [1.807, 2.05) is 0 Å². The van der Waals surface area contributed by atoms with E-state index in [4.69, 9.17) is 16.3 Å². The van der Waals surface area contributed by atoms with Gasteiger partial charge >= 0.3 is 0 Å². The van der Waals surface area contributed by atoms with Crippen LogP contribution in [0.4, 0.5) is 5.69 Å². The molecule has 0 saturated carbocycles. The number of carbonyl (C=O) groups is 2. The summed E-state index contributed by atoms with van der Waals surface area (Å²) in [6, 6.07) is 10.6. The number of hydrogen-bond acceptors (Lipinski definition) is 5. The number of amides is 2. The highest BCUT2D eigenvalue weighted by Gasteiger charge is 2.25. The fraction of sp³-hybridized carbons (Fsp3) is 0.263. The molecule has 0 atom stereocenters. The predicted molar refractivity (Wildman–Crippen MR) is 111 cm³/mol. The number of methoxy groups -OCH3 is 1. The standard InChI is InChI=1S/C19H22ClN3O5S/c1-13(24)21-10-11-22-19(25)15-12-14(8-9-16(15)20)29(26,27)23(2)17-6-4-5-7-18(17)28-3/h4-9,12H,10-11H2,1-3H3,(H,21,24)(H,22,25). The second-order valence-electron chi connectivity index (χ2n) is 6.02. The lowest BCUT2D eigenvalue weighted by atomic mass is 10.2. The highest BCUT2D eigenvalue weighted by atomic mass is 35.5. The molecular weight excluding hydrogens is 418 g/mol. The normalized spacial score (nSPS) is 10.9. The van der Waals surface area contributed by atoms with Crippen LogP contribution in [0.5, 0.6) is 5.75 Å². The molecule has 8 nitrogen and oxygen atoms in total. The third-order valence-electron chi connectivity index (χ3n) is 4.05. The summed E-state index contributed by atoms with van der Waals surface area (Å²) in [5.41, 5.74) is 0.371. The minimum absolute atomic E-state index is 0.0176. The molecule has 0 aliphatic carbocycles. The molecule has 29 heavy (non-hydrogen) atoms. The third-order valence-corrected chi connectivity index (χ3v) is 6.15. The van der Waals surface area contributed by atoms with E-state index in [9.17, 15) is 18.0 Å². The zero-order valence-corrected chi connectivity index (χ0v) is 17.8.